The number of rotatable bonds is 8. The highest BCUT2D eigenvalue weighted by molar-refractivity contribution is 7.89. The zero-order chi connectivity index (χ0) is 21.8. The van der Waals surface area contributed by atoms with Crippen LogP contribution in [0, 0.1) is 0 Å². The van der Waals surface area contributed by atoms with Gasteiger partial charge in [0.25, 0.3) is 5.91 Å². The summed E-state index contributed by atoms with van der Waals surface area (Å²) in [5, 5.41) is 0. The first-order valence-corrected chi connectivity index (χ1v) is 12.0. The number of likely N-dealkylation sites (tertiary alicyclic amines) is 1. The third-order valence-electron chi connectivity index (χ3n) is 5.44. The predicted molar refractivity (Wildman–Crippen MR) is 118 cm³/mol. The minimum atomic E-state index is -3.46. The largest absolute Gasteiger partial charge is 0.339 e. The Balaban J connectivity index is 1.68. The highest BCUT2D eigenvalue weighted by Gasteiger charge is 2.28. The molecule has 162 valence electrons. The van der Waals surface area contributed by atoms with E-state index in [9.17, 15) is 13.2 Å². The van der Waals surface area contributed by atoms with Crippen molar-refractivity contribution in [2.45, 2.75) is 38.8 Å². The van der Waals surface area contributed by atoms with Gasteiger partial charge < -0.3 is 4.90 Å². The highest BCUT2D eigenvalue weighted by Crippen LogP contribution is 2.28. The highest BCUT2D eigenvalue weighted by atomic mass is 32.2. The van der Waals surface area contributed by atoms with Gasteiger partial charge in [0.05, 0.1) is 5.75 Å². The first-order valence-electron chi connectivity index (χ1n) is 10.4. The summed E-state index contributed by atoms with van der Waals surface area (Å²) in [6, 6.07) is 14.4. The van der Waals surface area contributed by atoms with Crippen LogP contribution in [0.25, 0.3) is 11.1 Å². The molecule has 0 radical (unpaired) electrons. The maximum atomic E-state index is 15.0. The van der Waals surface area contributed by atoms with E-state index < -0.39 is 15.7 Å². The van der Waals surface area contributed by atoms with E-state index in [1.165, 1.54) is 6.92 Å². The fraction of sp³-hybridized carbons (Fsp3) is 0.435. The first-order chi connectivity index (χ1) is 14.2. The molecule has 3 rings (SSSR count). The van der Waals surface area contributed by atoms with Gasteiger partial charge in [-0.2, -0.15) is 0 Å². The number of hydrogen-bond donors (Lipinski definition) is 1. The number of sulfonamides is 1. The van der Waals surface area contributed by atoms with Gasteiger partial charge in [-0.3, -0.25) is 4.79 Å². The van der Waals surface area contributed by atoms with Crippen molar-refractivity contribution < 1.29 is 17.6 Å². The summed E-state index contributed by atoms with van der Waals surface area (Å²) in [7, 11) is -3.46. The number of hydrogen-bond acceptors (Lipinski definition) is 3. The number of nitrogens with zero attached hydrogens (tertiary/aromatic N) is 1. The summed E-state index contributed by atoms with van der Waals surface area (Å²) in [5.41, 5.74) is 1.11. The molecular formula is C23H29FN2O3S. The molecule has 5 nitrogen and oxygen atoms in total. The Bertz CT molecular complexity index is 965. The maximum Gasteiger partial charge on any atom is 0.253 e. The van der Waals surface area contributed by atoms with Crippen LogP contribution >= 0.6 is 0 Å². The van der Waals surface area contributed by atoms with E-state index in [4.69, 9.17) is 0 Å². The molecule has 0 aliphatic carbocycles. The number of nitrogens with one attached hydrogen (secondary N) is 1. The van der Waals surface area contributed by atoms with Gasteiger partial charge in [-0.1, -0.05) is 43.3 Å². The van der Waals surface area contributed by atoms with Crippen molar-refractivity contribution in [3.05, 3.63) is 59.7 Å². The van der Waals surface area contributed by atoms with Gasteiger partial charge in [0.15, 0.2) is 0 Å². The molecule has 1 unspecified atom stereocenters. The lowest BCUT2D eigenvalue weighted by Crippen LogP contribution is -2.36. The Kier molecular flexibility index (Phi) is 6.93. The molecule has 0 aromatic heterocycles. The lowest BCUT2D eigenvalue weighted by Gasteiger charge is -2.22. The summed E-state index contributed by atoms with van der Waals surface area (Å²) in [4.78, 5) is 14.3. The standard InChI is InChI=1S/C23H29FN2O3S/c1-3-16-30(28,29)25-17-23(2,24)21-12-10-19(11-13-21)18-6-8-20(9-7-18)22(27)26-14-4-5-15-26/h6-13,25H,3-5,14-17H2,1-2H3. The van der Waals surface area contributed by atoms with Gasteiger partial charge in [0.1, 0.15) is 5.67 Å². The summed E-state index contributed by atoms with van der Waals surface area (Å²) < 4.78 is 41.0. The van der Waals surface area contributed by atoms with E-state index >= 15 is 4.39 Å². The van der Waals surface area contributed by atoms with Crippen LogP contribution in [0.1, 0.15) is 49.0 Å². The minimum Gasteiger partial charge on any atom is -0.339 e. The van der Waals surface area contributed by atoms with Crippen LogP contribution < -0.4 is 4.72 Å². The topological polar surface area (TPSA) is 66.5 Å². The maximum absolute atomic E-state index is 15.0. The third kappa shape index (κ3) is 5.46. The minimum absolute atomic E-state index is 0.0156. The Morgan fingerprint density at radius 1 is 1.03 bits per heavy atom. The fourth-order valence-corrected chi connectivity index (χ4v) is 4.78. The average molecular weight is 433 g/mol. The molecule has 0 spiro atoms. The number of carbonyl (C=O) groups excluding carboxylic acids is 1. The van der Waals surface area contributed by atoms with Gasteiger partial charge in [-0.05, 0) is 55.0 Å². The van der Waals surface area contributed by atoms with Crippen LogP contribution in [-0.4, -0.2) is 44.6 Å². The number of benzene rings is 2. The molecule has 1 saturated heterocycles. The Labute approximate surface area is 178 Å². The SMILES string of the molecule is CCCS(=O)(=O)NCC(C)(F)c1ccc(-c2ccc(C(=O)N3CCCC3)cc2)cc1. The quantitative estimate of drug-likeness (QED) is 0.683. The predicted octanol–water partition coefficient (Wildman–Crippen LogP) is 4.10. The number of alkyl halides is 1. The van der Waals surface area contributed by atoms with E-state index in [1.807, 2.05) is 41.3 Å². The molecule has 0 saturated carbocycles. The van der Waals surface area contributed by atoms with E-state index in [1.54, 1.807) is 19.1 Å². The normalized spacial score (nSPS) is 16.4. The lowest BCUT2D eigenvalue weighted by molar-refractivity contribution is 0.0793. The van der Waals surface area contributed by atoms with Crippen molar-refractivity contribution >= 4 is 15.9 Å². The molecule has 1 N–H and O–H groups in total. The van der Waals surface area contributed by atoms with Crippen LogP contribution in [-0.2, 0) is 15.7 Å². The molecule has 7 heteroatoms. The summed E-state index contributed by atoms with van der Waals surface area (Å²) in [5.74, 6) is 0.0475. The monoisotopic (exact) mass is 432 g/mol. The molecule has 1 fully saturated rings. The fourth-order valence-electron chi connectivity index (χ4n) is 3.61. The van der Waals surface area contributed by atoms with Gasteiger partial charge >= 0.3 is 0 Å². The second kappa shape index (κ2) is 9.27. The molecule has 1 heterocycles. The molecule has 1 aliphatic heterocycles. The molecule has 1 amide bonds. The summed E-state index contributed by atoms with van der Waals surface area (Å²) >= 11 is 0. The number of carbonyl (C=O) groups is 1. The van der Waals surface area contributed by atoms with Crippen LogP contribution in [0.15, 0.2) is 48.5 Å². The van der Waals surface area contributed by atoms with Gasteiger partial charge in [-0.15, -0.1) is 0 Å². The van der Waals surface area contributed by atoms with E-state index in [2.05, 4.69) is 4.72 Å². The van der Waals surface area contributed by atoms with Crippen molar-refractivity contribution in [3.8, 4) is 11.1 Å². The average Bonchev–Trinajstić information content (AvgIpc) is 3.27. The smallest absolute Gasteiger partial charge is 0.253 e. The zero-order valence-corrected chi connectivity index (χ0v) is 18.3. The van der Waals surface area contributed by atoms with Crippen molar-refractivity contribution in [1.29, 1.82) is 0 Å². The van der Waals surface area contributed by atoms with E-state index in [0.717, 1.165) is 37.1 Å². The van der Waals surface area contributed by atoms with Crippen molar-refractivity contribution in [2.75, 3.05) is 25.4 Å². The van der Waals surface area contributed by atoms with Crippen LogP contribution in [0.5, 0.6) is 0 Å². The molecule has 1 atom stereocenters. The molecular weight excluding hydrogens is 403 g/mol. The Morgan fingerprint density at radius 2 is 1.57 bits per heavy atom. The van der Waals surface area contributed by atoms with Crippen molar-refractivity contribution in [1.82, 2.24) is 9.62 Å². The number of halogens is 1. The van der Waals surface area contributed by atoms with Crippen LogP contribution in [0.3, 0.4) is 0 Å². The summed E-state index contributed by atoms with van der Waals surface area (Å²) in [6.07, 6.45) is 2.60. The van der Waals surface area contributed by atoms with E-state index in [-0.39, 0.29) is 18.2 Å². The van der Waals surface area contributed by atoms with Crippen molar-refractivity contribution in [2.24, 2.45) is 0 Å². The van der Waals surface area contributed by atoms with Crippen molar-refractivity contribution in [3.63, 3.8) is 0 Å². The molecule has 0 bridgehead atoms. The molecule has 30 heavy (non-hydrogen) atoms. The van der Waals surface area contributed by atoms with Gasteiger partial charge in [-0.25, -0.2) is 17.5 Å². The van der Waals surface area contributed by atoms with Crippen LogP contribution in [0.4, 0.5) is 4.39 Å². The lowest BCUT2D eigenvalue weighted by atomic mass is 9.95. The Morgan fingerprint density at radius 3 is 2.10 bits per heavy atom. The van der Waals surface area contributed by atoms with Gasteiger partial charge in [0, 0.05) is 25.2 Å². The number of amides is 1. The first kappa shape index (κ1) is 22.4. The molecule has 2 aromatic carbocycles. The molecule has 1 aliphatic rings. The molecule has 2 aromatic rings. The van der Waals surface area contributed by atoms with Gasteiger partial charge in [0.2, 0.25) is 10.0 Å². The zero-order valence-electron chi connectivity index (χ0n) is 17.5. The summed E-state index contributed by atoms with van der Waals surface area (Å²) in [6.45, 7) is 4.47. The van der Waals surface area contributed by atoms with E-state index in [0.29, 0.717) is 17.5 Å². The second-order valence-corrected chi connectivity index (χ2v) is 9.92. The Hall–Kier alpha value is -2.25. The second-order valence-electron chi connectivity index (χ2n) is 7.99. The third-order valence-corrected chi connectivity index (χ3v) is 6.97. The van der Waals surface area contributed by atoms with Crippen LogP contribution in [0.2, 0.25) is 0 Å².